The van der Waals surface area contributed by atoms with E-state index in [9.17, 15) is 28.1 Å². The summed E-state index contributed by atoms with van der Waals surface area (Å²) in [7, 11) is 2.12. The summed E-state index contributed by atoms with van der Waals surface area (Å²) in [6.45, 7) is 0. The molecule has 0 fully saturated rings. The first kappa shape index (κ1) is 16.5. The minimum Gasteiger partial charge on any atom is -0.481 e. The molecule has 1 heterocycles. The SMILES string of the molecule is COC(=O)Cc1cc(OC)nc(OC(F)(F)F)c1[N+](=O)[O-]. The van der Waals surface area contributed by atoms with Crippen molar-refractivity contribution in [1.82, 2.24) is 4.98 Å². The van der Waals surface area contributed by atoms with Gasteiger partial charge in [0.2, 0.25) is 5.88 Å². The van der Waals surface area contributed by atoms with Crippen molar-refractivity contribution in [3.05, 3.63) is 21.7 Å². The first-order chi connectivity index (χ1) is 9.67. The lowest BCUT2D eigenvalue weighted by atomic mass is 10.1. The molecule has 0 spiro atoms. The lowest BCUT2D eigenvalue weighted by molar-refractivity contribution is -0.389. The summed E-state index contributed by atoms with van der Waals surface area (Å²) in [4.78, 5) is 24.2. The molecule has 0 atom stereocenters. The number of hydrogen-bond donors (Lipinski definition) is 0. The molecule has 0 saturated carbocycles. The van der Waals surface area contributed by atoms with Crippen LogP contribution in [-0.2, 0) is 16.0 Å². The Balaban J connectivity index is 3.42. The van der Waals surface area contributed by atoms with E-state index in [1.807, 2.05) is 0 Å². The molecule has 0 aliphatic rings. The molecule has 0 unspecified atom stereocenters. The highest BCUT2D eigenvalue weighted by Gasteiger charge is 2.37. The van der Waals surface area contributed by atoms with Gasteiger partial charge in [-0.05, 0) is 0 Å². The number of aromatic nitrogens is 1. The van der Waals surface area contributed by atoms with Crippen molar-refractivity contribution >= 4 is 11.7 Å². The second kappa shape index (κ2) is 6.24. The number of pyridine rings is 1. The summed E-state index contributed by atoms with van der Waals surface area (Å²) < 4.78 is 49.2. The van der Waals surface area contributed by atoms with Crippen LogP contribution in [0.2, 0.25) is 0 Å². The van der Waals surface area contributed by atoms with E-state index in [1.54, 1.807) is 0 Å². The van der Waals surface area contributed by atoms with Crippen LogP contribution >= 0.6 is 0 Å². The largest absolute Gasteiger partial charge is 0.574 e. The van der Waals surface area contributed by atoms with Crippen LogP contribution < -0.4 is 9.47 Å². The number of ether oxygens (including phenoxy) is 3. The van der Waals surface area contributed by atoms with Gasteiger partial charge in [0.05, 0.1) is 31.1 Å². The highest BCUT2D eigenvalue weighted by molar-refractivity contribution is 5.75. The van der Waals surface area contributed by atoms with Gasteiger partial charge in [-0.25, -0.2) is 0 Å². The number of hydrogen-bond acceptors (Lipinski definition) is 7. The van der Waals surface area contributed by atoms with Gasteiger partial charge in [-0.1, -0.05) is 0 Å². The maximum absolute atomic E-state index is 12.3. The number of carbonyl (C=O) groups excluding carboxylic acids is 1. The maximum atomic E-state index is 12.3. The fourth-order valence-corrected chi connectivity index (χ4v) is 1.38. The second-order valence-corrected chi connectivity index (χ2v) is 3.54. The predicted molar refractivity (Wildman–Crippen MR) is 59.8 cm³/mol. The Morgan fingerprint density at radius 1 is 1.43 bits per heavy atom. The average molecular weight is 310 g/mol. The predicted octanol–water partition coefficient (Wildman–Crippen LogP) is 1.61. The first-order valence-corrected chi connectivity index (χ1v) is 5.22. The van der Waals surface area contributed by atoms with E-state index < -0.39 is 35.2 Å². The molecule has 0 radical (unpaired) electrons. The molecule has 1 aromatic heterocycles. The van der Waals surface area contributed by atoms with E-state index in [-0.39, 0.29) is 11.4 Å². The molecule has 0 aliphatic heterocycles. The number of esters is 1. The van der Waals surface area contributed by atoms with E-state index in [0.29, 0.717) is 0 Å². The quantitative estimate of drug-likeness (QED) is 0.462. The number of rotatable bonds is 5. The normalized spacial score (nSPS) is 10.9. The van der Waals surface area contributed by atoms with Crippen molar-refractivity contribution in [1.29, 1.82) is 0 Å². The van der Waals surface area contributed by atoms with Gasteiger partial charge in [0, 0.05) is 6.07 Å². The topological polar surface area (TPSA) is 101 Å². The van der Waals surface area contributed by atoms with Crippen LogP contribution in [0.4, 0.5) is 18.9 Å². The second-order valence-electron chi connectivity index (χ2n) is 3.54. The molecule has 0 aliphatic carbocycles. The Morgan fingerprint density at radius 2 is 2.05 bits per heavy atom. The molecule has 0 saturated heterocycles. The number of alkyl halides is 3. The molecular weight excluding hydrogens is 301 g/mol. The monoisotopic (exact) mass is 310 g/mol. The summed E-state index contributed by atoms with van der Waals surface area (Å²) in [6.07, 6.45) is -5.83. The van der Waals surface area contributed by atoms with Crippen LogP contribution in [0.1, 0.15) is 5.56 Å². The fraction of sp³-hybridized carbons (Fsp3) is 0.400. The summed E-state index contributed by atoms with van der Waals surface area (Å²) in [5.41, 5.74) is -1.46. The fourth-order valence-electron chi connectivity index (χ4n) is 1.38. The Kier molecular flexibility index (Phi) is 4.89. The van der Waals surface area contributed by atoms with Crippen LogP contribution in [0.5, 0.6) is 11.8 Å². The molecular formula is C10H9F3N2O6. The average Bonchev–Trinajstić information content (AvgIpc) is 2.35. The van der Waals surface area contributed by atoms with E-state index in [2.05, 4.69) is 19.2 Å². The van der Waals surface area contributed by atoms with Crippen LogP contribution in [0.25, 0.3) is 0 Å². The summed E-state index contributed by atoms with van der Waals surface area (Å²) in [5, 5.41) is 10.9. The van der Waals surface area contributed by atoms with Gasteiger partial charge in [-0.2, -0.15) is 4.98 Å². The number of carbonyl (C=O) groups is 1. The van der Waals surface area contributed by atoms with Gasteiger partial charge < -0.3 is 14.2 Å². The van der Waals surface area contributed by atoms with Gasteiger partial charge in [-0.3, -0.25) is 14.9 Å². The zero-order valence-electron chi connectivity index (χ0n) is 10.8. The van der Waals surface area contributed by atoms with Crippen molar-refractivity contribution in [2.45, 2.75) is 12.8 Å². The third kappa shape index (κ3) is 4.47. The molecule has 0 N–H and O–H groups in total. The van der Waals surface area contributed by atoms with Crippen molar-refractivity contribution in [3.8, 4) is 11.8 Å². The van der Waals surface area contributed by atoms with Gasteiger partial charge in [0.15, 0.2) is 0 Å². The van der Waals surface area contributed by atoms with Crippen LogP contribution in [0.15, 0.2) is 6.07 Å². The zero-order chi connectivity index (χ0) is 16.2. The highest BCUT2D eigenvalue weighted by Crippen LogP contribution is 2.35. The number of nitro groups is 1. The maximum Gasteiger partial charge on any atom is 0.574 e. The van der Waals surface area contributed by atoms with Gasteiger partial charge >= 0.3 is 23.9 Å². The molecule has 1 rings (SSSR count). The smallest absolute Gasteiger partial charge is 0.481 e. The van der Waals surface area contributed by atoms with E-state index in [4.69, 9.17) is 0 Å². The molecule has 1 aromatic rings. The first-order valence-electron chi connectivity index (χ1n) is 5.22. The third-order valence-corrected chi connectivity index (χ3v) is 2.18. The lowest BCUT2D eigenvalue weighted by Crippen LogP contribution is -2.20. The number of nitrogens with zero attached hydrogens (tertiary/aromatic N) is 2. The van der Waals surface area contributed by atoms with Crippen molar-refractivity contribution < 1.29 is 37.1 Å². The molecule has 0 amide bonds. The molecule has 0 aromatic carbocycles. The van der Waals surface area contributed by atoms with Gasteiger partial charge in [0.1, 0.15) is 0 Å². The number of halogens is 3. The Hall–Kier alpha value is -2.59. The van der Waals surface area contributed by atoms with E-state index >= 15 is 0 Å². The Morgan fingerprint density at radius 3 is 2.48 bits per heavy atom. The zero-order valence-corrected chi connectivity index (χ0v) is 10.8. The molecule has 21 heavy (non-hydrogen) atoms. The summed E-state index contributed by atoms with van der Waals surface area (Å²) >= 11 is 0. The van der Waals surface area contributed by atoms with Crippen LogP contribution in [0, 0.1) is 10.1 Å². The number of methoxy groups -OCH3 is 2. The molecule has 116 valence electrons. The molecule has 8 nitrogen and oxygen atoms in total. The minimum absolute atomic E-state index is 0.376. The third-order valence-electron chi connectivity index (χ3n) is 2.18. The van der Waals surface area contributed by atoms with Crippen LogP contribution in [0.3, 0.4) is 0 Å². The Labute approximate surface area is 115 Å². The van der Waals surface area contributed by atoms with Crippen molar-refractivity contribution in [2.75, 3.05) is 14.2 Å². The van der Waals surface area contributed by atoms with E-state index in [1.165, 1.54) is 0 Å². The van der Waals surface area contributed by atoms with Crippen molar-refractivity contribution in [3.63, 3.8) is 0 Å². The van der Waals surface area contributed by atoms with Gasteiger partial charge in [-0.15, -0.1) is 13.2 Å². The van der Waals surface area contributed by atoms with Gasteiger partial charge in [0.25, 0.3) is 0 Å². The highest BCUT2D eigenvalue weighted by atomic mass is 19.4. The lowest BCUT2D eigenvalue weighted by Gasteiger charge is -2.11. The van der Waals surface area contributed by atoms with E-state index in [0.717, 1.165) is 20.3 Å². The molecule has 0 bridgehead atoms. The van der Waals surface area contributed by atoms with Crippen molar-refractivity contribution in [2.24, 2.45) is 0 Å². The minimum atomic E-state index is -5.19. The summed E-state index contributed by atoms with van der Waals surface area (Å²) in [5.74, 6) is -2.58. The molecule has 11 heteroatoms. The Bertz CT molecular complexity index is 560. The van der Waals surface area contributed by atoms with Crippen LogP contribution in [-0.4, -0.2) is 36.5 Å². The standard InChI is InChI=1S/C10H9F3N2O6/c1-19-6-3-5(4-7(16)20-2)8(15(17)18)9(14-6)21-10(11,12)13/h3H,4H2,1-2H3. The summed E-state index contributed by atoms with van der Waals surface area (Å²) in [6, 6.07) is 0.957.